The highest BCUT2D eigenvalue weighted by Gasteiger charge is 2.51. The summed E-state index contributed by atoms with van der Waals surface area (Å²) in [5.41, 5.74) is 2.30. The second-order valence-electron chi connectivity index (χ2n) is 9.77. The summed E-state index contributed by atoms with van der Waals surface area (Å²) >= 11 is 12.1. The third kappa shape index (κ3) is 4.31. The number of Topliss-reactive ketones (excluding diaryl/α,β-unsaturated/α-hetero) is 1. The lowest BCUT2D eigenvalue weighted by Gasteiger charge is -2.44. The molecule has 0 N–H and O–H groups in total. The number of carbonyl (C=O) groups excluding carboxylic acids is 1. The smallest absolute Gasteiger partial charge is 0.243 e. The molecule has 12 heteroatoms. The fourth-order valence-corrected chi connectivity index (χ4v) is 7.30. The molecule has 2 aromatic heterocycles. The van der Waals surface area contributed by atoms with Crippen LogP contribution in [0.5, 0.6) is 0 Å². The van der Waals surface area contributed by atoms with Gasteiger partial charge in [0.05, 0.1) is 49.7 Å². The Morgan fingerprint density at radius 3 is 2.51 bits per heavy atom. The van der Waals surface area contributed by atoms with Crippen molar-refractivity contribution in [3.8, 4) is 5.69 Å². The van der Waals surface area contributed by atoms with Crippen molar-refractivity contribution in [1.29, 1.82) is 0 Å². The van der Waals surface area contributed by atoms with Crippen molar-refractivity contribution in [2.75, 3.05) is 13.1 Å². The number of rotatable bonds is 5. The Kier molecular flexibility index (Phi) is 6.26. The number of hydrogen-bond donors (Lipinski definition) is 0. The maximum atomic E-state index is 14.2. The summed E-state index contributed by atoms with van der Waals surface area (Å²) < 4.78 is 45.6. The molecule has 0 amide bonds. The van der Waals surface area contributed by atoms with Crippen molar-refractivity contribution in [3.05, 3.63) is 99.3 Å². The van der Waals surface area contributed by atoms with Gasteiger partial charge in [0.25, 0.3) is 0 Å². The van der Waals surface area contributed by atoms with Gasteiger partial charge in [-0.1, -0.05) is 28.8 Å². The number of sulfonamides is 1. The molecule has 1 aliphatic heterocycles. The number of fused-ring (bicyclic) bond motifs is 2. The number of ketones is 1. The van der Waals surface area contributed by atoms with Crippen LogP contribution in [-0.4, -0.2) is 51.2 Å². The minimum atomic E-state index is -3.99. The zero-order valence-corrected chi connectivity index (χ0v) is 23.0. The average molecular weight is 586 g/mol. The topological polar surface area (TPSA) is 90.1 Å². The van der Waals surface area contributed by atoms with Gasteiger partial charge in [0, 0.05) is 26.3 Å². The van der Waals surface area contributed by atoms with E-state index in [1.54, 1.807) is 40.9 Å². The number of aryl methyl sites for hydroxylation is 1. The third-order valence-corrected chi connectivity index (χ3v) is 9.96. The summed E-state index contributed by atoms with van der Waals surface area (Å²) in [5.74, 6) is -0.564. The van der Waals surface area contributed by atoms with Crippen LogP contribution in [0.15, 0.2) is 71.5 Å². The first kappa shape index (κ1) is 25.9. The van der Waals surface area contributed by atoms with Gasteiger partial charge in [-0.15, -0.1) is 0 Å². The van der Waals surface area contributed by atoms with E-state index < -0.39 is 15.4 Å². The number of halogens is 3. The largest absolute Gasteiger partial charge is 0.293 e. The molecule has 1 aliphatic carbocycles. The number of benzene rings is 2. The molecule has 0 radical (unpaired) electrons. The first-order chi connectivity index (χ1) is 18.6. The molecule has 2 aliphatic rings. The Bertz CT molecular complexity index is 1760. The molecular formula is C27H22Cl2FN5O3S. The summed E-state index contributed by atoms with van der Waals surface area (Å²) in [6.45, 7) is 0.118. The first-order valence-corrected chi connectivity index (χ1v) is 14.3. The van der Waals surface area contributed by atoms with E-state index in [0.717, 1.165) is 16.8 Å². The van der Waals surface area contributed by atoms with Gasteiger partial charge in [-0.05, 0) is 66.9 Å². The van der Waals surface area contributed by atoms with Crippen molar-refractivity contribution in [2.45, 2.75) is 17.7 Å². The summed E-state index contributed by atoms with van der Waals surface area (Å²) in [7, 11) is -2.27. The van der Waals surface area contributed by atoms with Crippen LogP contribution in [0.2, 0.25) is 10.0 Å². The monoisotopic (exact) mass is 585 g/mol. The highest BCUT2D eigenvalue weighted by molar-refractivity contribution is 7.89. The third-order valence-electron chi connectivity index (χ3n) is 7.38. The van der Waals surface area contributed by atoms with Crippen molar-refractivity contribution in [1.82, 2.24) is 23.9 Å². The number of carbonyl (C=O) groups is 1. The molecule has 1 fully saturated rings. The molecule has 4 aromatic rings. The lowest BCUT2D eigenvalue weighted by molar-refractivity contribution is 0.0775. The molecule has 1 atom stereocenters. The van der Waals surface area contributed by atoms with E-state index in [9.17, 15) is 17.6 Å². The van der Waals surface area contributed by atoms with E-state index in [0.29, 0.717) is 17.7 Å². The SMILES string of the molecule is Cn1cc(C(=O)C23Cc4cnn(-c5ccc(F)cc5)c4C=C2CCN(S(=O)(=O)c2ccc(Cl)c(Cl)c2)C3)cn1. The van der Waals surface area contributed by atoms with E-state index in [4.69, 9.17) is 23.2 Å². The molecule has 2 aromatic carbocycles. The quantitative estimate of drug-likeness (QED) is 0.309. The van der Waals surface area contributed by atoms with Gasteiger partial charge < -0.3 is 0 Å². The second-order valence-corrected chi connectivity index (χ2v) is 12.5. The van der Waals surface area contributed by atoms with Crippen LogP contribution < -0.4 is 0 Å². The second kappa shape index (κ2) is 9.41. The van der Waals surface area contributed by atoms with Crippen LogP contribution in [0, 0.1) is 11.2 Å². The van der Waals surface area contributed by atoms with Crippen molar-refractivity contribution in [3.63, 3.8) is 0 Å². The van der Waals surface area contributed by atoms with Crippen LogP contribution in [0.4, 0.5) is 4.39 Å². The van der Waals surface area contributed by atoms with Gasteiger partial charge in [-0.3, -0.25) is 9.48 Å². The van der Waals surface area contributed by atoms with E-state index in [1.807, 2.05) is 6.08 Å². The van der Waals surface area contributed by atoms with Crippen molar-refractivity contribution < 1.29 is 17.6 Å². The Labute approximate surface area is 234 Å². The van der Waals surface area contributed by atoms with Crippen molar-refractivity contribution >= 4 is 45.1 Å². The number of nitrogens with zero attached hydrogens (tertiary/aromatic N) is 5. The fourth-order valence-electron chi connectivity index (χ4n) is 5.41. The maximum absolute atomic E-state index is 14.2. The Morgan fingerprint density at radius 2 is 1.82 bits per heavy atom. The molecule has 1 saturated heterocycles. The Balaban J connectivity index is 1.45. The van der Waals surface area contributed by atoms with Gasteiger partial charge >= 0.3 is 0 Å². The van der Waals surface area contributed by atoms with Gasteiger partial charge in [0.2, 0.25) is 10.0 Å². The minimum Gasteiger partial charge on any atom is -0.293 e. The molecule has 200 valence electrons. The summed E-state index contributed by atoms with van der Waals surface area (Å²) in [4.78, 5) is 14.2. The molecule has 1 unspecified atom stereocenters. The van der Waals surface area contributed by atoms with Crippen LogP contribution in [0.3, 0.4) is 0 Å². The molecule has 3 heterocycles. The van der Waals surface area contributed by atoms with Crippen LogP contribution >= 0.6 is 23.2 Å². The van der Waals surface area contributed by atoms with Crippen LogP contribution in [-0.2, 0) is 23.5 Å². The molecule has 8 nitrogen and oxygen atoms in total. The zero-order valence-electron chi connectivity index (χ0n) is 20.7. The molecule has 6 rings (SSSR count). The van der Waals surface area contributed by atoms with Crippen molar-refractivity contribution in [2.24, 2.45) is 12.5 Å². The Hall–Kier alpha value is -3.31. The summed E-state index contributed by atoms with van der Waals surface area (Å²) in [6.07, 6.45) is 7.32. The molecule has 0 saturated carbocycles. The van der Waals surface area contributed by atoms with Gasteiger partial charge in [0.15, 0.2) is 5.78 Å². The normalized spacial score (nSPS) is 19.3. The highest BCUT2D eigenvalue weighted by atomic mass is 35.5. The lowest BCUT2D eigenvalue weighted by atomic mass is 9.65. The Morgan fingerprint density at radius 1 is 1.05 bits per heavy atom. The predicted molar refractivity (Wildman–Crippen MR) is 145 cm³/mol. The minimum absolute atomic E-state index is 0.00827. The highest BCUT2D eigenvalue weighted by Crippen LogP contribution is 2.47. The zero-order chi connectivity index (χ0) is 27.5. The van der Waals surface area contributed by atoms with Crippen LogP contribution in [0.25, 0.3) is 11.8 Å². The number of piperidine rings is 1. The van der Waals surface area contributed by atoms with Gasteiger partial charge in [-0.2, -0.15) is 14.5 Å². The van der Waals surface area contributed by atoms with E-state index in [2.05, 4.69) is 10.2 Å². The number of aromatic nitrogens is 4. The van der Waals surface area contributed by atoms with E-state index in [1.165, 1.54) is 40.8 Å². The van der Waals surface area contributed by atoms with Gasteiger partial charge in [-0.25, -0.2) is 17.5 Å². The standard InChI is InChI=1S/C27H22Cl2FN5O3S/c1-33-15-18(14-31-33)26(36)27-12-17-13-32-35(21-4-2-20(30)3-5-21)25(17)10-19(27)8-9-34(16-27)39(37,38)22-6-7-23(28)24(29)11-22/h2-7,10-11,13-15H,8-9,12,16H2,1H3. The lowest BCUT2D eigenvalue weighted by Crippen LogP contribution is -2.53. The molecule has 0 bridgehead atoms. The number of hydrogen-bond acceptors (Lipinski definition) is 5. The first-order valence-electron chi connectivity index (χ1n) is 12.1. The van der Waals surface area contributed by atoms with Crippen LogP contribution in [0.1, 0.15) is 28.0 Å². The fraction of sp³-hybridized carbons (Fsp3) is 0.222. The average Bonchev–Trinajstić information content (AvgIpc) is 3.54. The van der Waals surface area contributed by atoms with E-state index in [-0.39, 0.29) is 46.1 Å². The summed E-state index contributed by atoms with van der Waals surface area (Å²) in [6, 6.07) is 10.2. The summed E-state index contributed by atoms with van der Waals surface area (Å²) in [5, 5.41) is 9.07. The molecular weight excluding hydrogens is 564 g/mol. The predicted octanol–water partition coefficient (Wildman–Crippen LogP) is 4.96. The van der Waals surface area contributed by atoms with Gasteiger partial charge in [0.1, 0.15) is 5.82 Å². The maximum Gasteiger partial charge on any atom is 0.243 e. The molecule has 39 heavy (non-hydrogen) atoms. The van der Waals surface area contributed by atoms with E-state index >= 15 is 0 Å². The molecule has 0 spiro atoms.